The van der Waals surface area contributed by atoms with Crippen molar-refractivity contribution in [3.63, 3.8) is 0 Å². The summed E-state index contributed by atoms with van der Waals surface area (Å²) in [7, 11) is 0. The van der Waals surface area contributed by atoms with Crippen LogP contribution in [0.4, 0.5) is 9.18 Å². The first-order chi connectivity index (χ1) is 12.9. The fourth-order valence-electron chi connectivity index (χ4n) is 3.50. The number of hydrogen-bond acceptors (Lipinski definition) is 4. The zero-order valence-corrected chi connectivity index (χ0v) is 16.6. The molecule has 0 radical (unpaired) electrons. The molecule has 2 heterocycles. The van der Waals surface area contributed by atoms with E-state index < -0.39 is 0 Å². The third-order valence-corrected chi connectivity index (χ3v) is 5.47. The van der Waals surface area contributed by atoms with Gasteiger partial charge in [0.1, 0.15) is 11.9 Å². The van der Waals surface area contributed by atoms with Crippen LogP contribution in [-0.2, 0) is 9.47 Å². The lowest BCUT2D eigenvalue weighted by Crippen LogP contribution is -2.55. The SMILES string of the molecule is CC1(C)COCCN1CCNC(=O)N1CCOC(c2ccc(F)cc2Cl)C1. The number of nitrogens with zero attached hydrogens (tertiary/aromatic N) is 2. The van der Waals surface area contributed by atoms with E-state index in [-0.39, 0.29) is 23.5 Å². The molecule has 3 rings (SSSR count). The predicted octanol–water partition coefficient (Wildman–Crippen LogP) is 2.67. The second kappa shape index (κ2) is 8.73. The Hall–Kier alpha value is -1.41. The largest absolute Gasteiger partial charge is 0.378 e. The van der Waals surface area contributed by atoms with E-state index in [0.717, 1.165) is 19.7 Å². The number of benzene rings is 1. The minimum Gasteiger partial charge on any atom is -0.378 e. The molecule has 1 N–H and O–H groups in total. The number of morpholine rings is 2. The van der Waals surface area contributed by atoms with Crippen molar-refractivity contribution in [1.82, 2.24) is 15.1 Å². The van der Waals surface area contributed by atoms with Crippen LogP contribution in [0.3, 0.4) is 0 Å². The fourth-order valence-corrected chi connectivity index (χ4v) is 3.79. The quantitative estimate of drug-likeness (QED) is 0.845. The number of carbonyl (C=O) groups excluding carboxylic acids is 1. The molecule has 150 valence electrons. The topological polar surface area (TPSA) is 54.0 Å². The molecule has 8 heteroatoms. The van der Waals surface area contributed by atoms with E-state index >= 15 is 0 Å². The summed E-state index contributed by atoms with van der Waals surface area (Å²) in [6.07, 6.45) is -0.351. The van der Waals surface area contributed by atoms with Gasteiger partial charge in [0.2, 0.25) is 0 Å². The van der Waals surface area contributed by atoms with Crippen molar-refractivity contribution in [2.45, 2.75) is 25.5 Å². The molecule has 2 aliphatic rings. The van der Waals surface area contributed by atoms with Crippen LogP contribution in [0.15, 0.2) is 18.2 Å². The minimum absolute atomic E-state index is 0.0215. The van der Waals surface area contributed by atoms with Crippen molar-refractivity contribution < 1.29 is 18.7 Å². The van der Waals surface area contributed by atoms with Gasteiger partial charge in [-0.1, -0.05) is 17.7 Å². The summed E-state index contributed by atoms with van der Waals surface area (Å²) >= 11 is 6.13. The Kier molecular flexibility index (Phi) is 6.57. The molecule has 1 aromatic rings. The van der Waals surface area contributed by atoms with Crippen LogP contribution >= 0.6 is 11.6 Å². The fraction of sp³-hybridized carbons (Fsp3) is 0.632. The van der Waals surface area contributed by atoms with Gasteiger partial charge in [-0.25, -0.2) is 9.18 Å². The standard InChI is InChI=1S/C19H27ClFN3O3/c1-19(2)13-26-9-8-24(19)6-5-22-18(25)23-7-10-27-17(12-23)15-4-3-14(21)11-16(15)20/h3-4,11,17H,5-10,12-13H2,1-2H3,(H,22,25). The maximum atomic E-state index is 13.3. The molecule has 1 aromatic carbocycles. The first-order valence-electron chi connectivity index (χ1n) is 9.29. The number of nitrogens with one attached hydrogen (secondary N) is 1. The van der Waals surface area contributed by atoms with Crippen LogP contribution in [0.25, 0.3) is 0 Å². The summed E-state index contributed by atoms with van der Waals surface area (Å²) in [4.78, 5) is 16.6. The third kappa shape index (κ3) is 5.10. The van der Waals surface area contributed by atoms with Gasteiger partial charge in [-0.05, 0) is 26.0 Å². The lowest BCUT2D eigenvalue weighted by Gasteiger charge is -2.42. The Morgan fingerprint density at radius 1 is 1.37 bits per heavy atom. The summed E-state index contributed by atoms with van der Waals surface area (Å²) in [5.41, 5.74) is 0.678. The van der Waals surface area contributed by atoms with Crippen molar-refractivity contribution in [3.8, 4) is 0 Å². The second-order valence-electron chi connectivity index (χ2n) is 7.56. The smallest absolute Gasteiger partial charge is 0.317 e. The molecule has 1 atom stereocenters. The van der Waals surface area contributed by atoms with Crippen molar-refractivity contribution in [2.24, 2.45) is 0 Å². The summed E-state index contributed by atoms with van der Waals surface area (Å²) < 4.78 is 24.5. The summed E-state index contributed by atoms with van der Waals surface area (Å²) in [5, 5.41) is 3.31. The number of hydrogen-bond donors (Lipinski definition) is 1. The van der Waals surface area contributed by atoms with Crippen LogP contribution in [0.2, 0.25) is 5.02 Å². The highest BCUT2D eigenvalue weighted by Crippen LogP contribution is 2.29. The van der Waals surface area contributed by atoms with Gasteiger partial charge in [0.25, 0.3) is 0 Å². The molecule has 0 saturated carbocycles. The van der Waals surface area contributed by atoms with E-state index in [1.165, 1.54) is 12.1 Å². The third-order valence-electron chi connectivity index (χ3n) is 5.14. The molecule has 0 spiro atoms. The summed E-state index contributed by atoms with van der Waals surface area (Å²) in [6.45, 7) is 9.25. The first-order valence-corrected chi connectivity index (χ1v) is 9.67. The monoisotopic (exact) mass is 399 g/mol. The Morgan fingerprint density at radius 2 is 2.19 bits per heavy atom. The zero-order valence-electron chi connectivity index (χ0n) is 15.8. The zero-order chi connectivity index (χ0) is 19.4. The molecular weight excluding hydrogens is 373 g/mol. The van der Waals surface area contributed by atoms with Crippen LogP contribution in [0.1, 0.15) is 25.5 Å². The highest BCUT2D eigenvalue weighted by molar-refractivity contribution is 6.31. The molecule has 2 amide bonds. The van der Waals surface area contributed by atoms with Crippen molar-refractivity contribution in [3.05, 3.63) is 34.6 Å². The molecule has 0 bridgehead atoms. The van der Waals surface area contributed by atoms with Gasteiger partial charge >= 0.3 is 6.03 Å². The van der Waals surface area contributed by atoms with Crippen LogP contribution in [0, 0.1) is 5.82 Å². The van der Waals surface area contributed by atoms with Crippen LogP contribution < -0.4 is 5.32 Å². The van der Waals surface area contributed by atoms with E-state index in [9.17, 15) is 9.18 Å². The highest BCUT2D eigenvalue weighted by Gasteiger charge is 2.31. The summed E-state index contributed by atoms with van der Waals surface area (Å²) in [6, 6.07) is 4.12. The normalized spacial score (nSPS) is 23.3. The highest BCUT2D eigenvalue weighted by atomic mass is 35.5. The molecular formula is C19H27ClFN3O3. The maximum absolute atomic E-state index is 13.3. The molecule has 6 nitrogen and oxygen atoms in total. The van der Waals surface area contributed by atoms with Gasteiger partial charge < -0.3 is 19.7 Å². The Morgan fingerprint density at radius 3 is 2.93 bits per heavy atom. The van der Waals surface area contributed by atoms with Gasteiger partial charge in [-0.3, -0.25) is 4.90 Å². The Bertz CT molecular complexity index is 674. The van der Waals surface area contributed by atoms with Gasteiger partial charge in [-0.15, -0.1) is 0 Å². The number of rotatable bonds is 4. The average molecular weight is 400 g/mol. The van der Waals surface area contributed by atoms with Gasteiger partial charge in [0.05, 0.1) is 26.4 Å². The molecule has 1 unspecified atom stereocenters. The van der Waals surface area contributed by atoms with E-state index in [4.69, 9.17) is 21.1 Å². The number of urea groups is 1. The average Bonchev–Trinajstić information content (AvgIpc) is 2.63. The van der Waals surface area contributed by atoms with Crippen molar-refractivity contribution in [1.29, 1.82) is 0 Å². The van der Waals surface area contributed by atoms with Crippen molar-refractivity contribution in [2.75, 3.05) is 52.5 Å². The molecule has 2 aliphatic heterocycles. The van der Waals surface area contributed by atoms with Crippen LogP contribution in [-0.4, -0.2) is 73.9 Å². The molecule has 27 heavy (non-hydrogen) atoms. The number of amides is 2. The van der Waals surface area contributed by atoms with Crippen LogP contribution in [0.5, 0.6) is 0 Å². The van der Waals surface area contributed by atoms with Gasteiger partial charge in [0, 0.05) is 42.3 Å². The van der Waals surface area contributed by atoms with Gasteiger partial charge in [0.15, 0.2) is 0 Å². The lowest BCUT2D eigenvalue weighted by atomic mass is 10.0. The maximum Gasteiger partial charge on any atom is 0.317 e. The Labute approximate surface area is 164 Å². The molecule has 2 saturated heterocycles. The van der Waals surface area contributed by atoms with E-state index in [1.807, 2.05) is 0 Å². The minimum atomic E-state index is -0.389. The van der Waals surface area contributed by atoms with Crippen molar-refractivity contribution >= 4 is 17.6 Å². The molecule has 0 aromatic heterocycles. The lowest BCUT2D eigenvalue weighted by molar-refractivity contribution is -0.0500. The van der Waals surface area contributed by atoms with E-state index in [0.29, 0.717) is 43.4 Å². The van der Waals surface area contributed by atoms with E-state index in [2.05, 4.69) is 24.1 Å². The summed E-state index contributed by atoms with van der Waals surface area (Å²) in [5.74, 6) is -0.389. The molecule has 2 fully saturated rings. The number of halogens is 2. The van der Waals surface area contributed by atoms with Gasteiger partial charge in [-0.2, -0.15) is 0 Å². The Balaban J connectivity index is 1.51. The predicted molar refractivity (Wildman–Crippen MR) is 102 cm³/mol. The molecule has 0 aliphatic carbocycles. The first kappa shape index (κ1) is 20.3. The second-order valence-corrected chi connectivity index (χ2v) is 7.96. The number of ether oxygens (including phenoxy) is 2. The van der Waals surface area contributed by atoms with E-state index in [1.54, 1.807) is 11.0 Å². The number of carbonyl (C=O) groups is 1.